The first-order valence-electron chi connectivity index (χ1n) is 42.3. The summed E-state index contributed by atoms with van der Waals surface area (Å²) in [5.74, 6) is 0. The van der Waals surface area contributed by atoms with Crippen molar-refractivity contribution in [1.29, 1.82) is 0 Å². The van der Waals surface area contributed by atoms with Crippen LogP contribution in [0.2, 0.25) is 0 Å². The van der Waals surface area contributed by atoms with Crippen molar-refractivity contribution >= 4 is 0 Å². The maximum absolute atomic E-state index is 12.6. The Balaban J connectivity index is 0.789. The number of ether oxygens (including phenoxy) is 21. The largest absolute Gasteiger partial charge is 0.387 e. The van der Waals surface area contributed by atoms with Gasteiger partial charge in [0.2, 0.25) is 0 Å². The summed E-state index contributed by atoms with van der Waals surface area (Å²) in [5.41, 5.74) is 4.87. The van der Waals surface area contributed by atoms with Crippen molar-refractivity contribution in [3.8, 4) is 0 Å². The minimum atomic E-state index is -2.16. The molecule has 686 valence electrons. The number of aliphatic hydroxyl groups excluding tert-OH is 14. The second-order valence-corrected chi connectivity index (χ2v) is 32.4. The highest BCUT2D eigenvalue weighted by atomic mass is 16.8. The van der Waals surface area contributed by atoms with Crippen LogP contribution in [0.4, 0.5) is 0 Å². The molecule has 7 aromatic rings. The van der Waals surface area contributed by atoms with Crippen LogP contribution in [0.3, 0.4) is 0 Å². The lowest BCUT2D eigenvalue weighted by molar-refractivity contribution is -0.398. The first-order valence-corrected chi connectivity index (χ1v) is 42.3. The predicted octanol–water partition coefficient (Wildman–Crippen LogP) is 0.341. The van der Waals surface area contributed by atoms with E-state index >= 15 is 0 Å². The Bertz CT molecular complexity index is 3530. The van der Waals surface area contributed by atoms with E-state index in [1.54, 1.807) is 212 Å². The van der Waals surface area contributed by atoms with Gasteiger partial charge in [0.15, 0.2) is 44.0 Å². The molecule has 126 heavy (non-hydrogen) atoms. The average Bonchev–Trinajstić information content (AvgIpc) is 0.780. The van der Waals surface area contributed by atoms with E-state index < -0.39 is 261 Å². The molecule has 35 atom stereocenters. The molecule has 21 aliphatic heterocycles. The van der Waals surface area contributed by atoms with Crippen molar-refractivity contribution in [2.24, 2.45) is 0 Å². The predicted molar refractivity (Wildman–Crippen MR) is 432 cm³/mol. The molecule has 0 aliphatic carbocycles. The second-order valence-electron chi connectivity index (χ2n) is 32.4. The van der Waals surface area contributed by atoms with Crippen molar-refractivity contribution in [3.63, 3.8) is 0 Å². The number of rotatable bonds is 28. The van der Waals surface area contributed by atoms with Gasteiger partial charge in [-0.1, -0.05) is 212 Å². The van der Waals surface area contributed by atoms with Crippen LogP contribution in [-0.2, 0) is 146 Å². The van der Waals surface area contributed by atoms with Crippen molar-refractivity contribution < 1.29 is 171 Å². The van der Waals surface area contributed by atoms with Crippen molar-refractivity contribution in [2.45, 2.75) is 261 Å². The van der Waals surface area contributed by atoms with E-state index in [0.29, 0.717) is 38.9 Å². The van der Waals surface area contributed by atoms with Gasteiger partial charge in [-0.2, -0.15) is 0 Å². The topological polar surface area (TPSA) is 477 Å². The Kier molecular flexibility index (Phi) is 33.7. The Morgan fingerprint density at radius 2 is 0.262 bits per heavy atom. The summed E-state index contributed by atoms with van der Waals surface area (Å²) in [6.45, 7) is -3.68. The highest BCUT2D eigenvalue weighted by molar-refractivity contribution is 5.19. The fraction of sp³-hybridized carbons (Fsp3) is 0.538. The van der Waals surface area contributed by atoms with Gasteiger partial charge in [-0.3, -0.25) is 0 Å². The first kappa shape index (κ1) is 93.8. The average molecular weight is 1770 g/mol. The highest BCUT2D eigenvalue weighted by Gasteiger charge is 2.60. The first-order chi connectivity index (χ1) is 61.3. The van der Waals surface area contributed by atoms with Crippen LogP contribution in [0, 0.1) is 0 Å². The molecule has 21 fully saturated rings. The minimum Gasteiger partial charge on any atom is -0.387 e. The quantitative estimate of drug-likeness (QED) is 0.0314. The zero-order chi connectivity index (χ0) is 87.7. The van der Waals surface area contributed by atoms with Crippen LogP contribution in [0.5, 0.6) is 0 Å². The van der Waals surface area contributed by atoms with Gasteiger partial charge in [0.05, 0.1) is 92.5 Å². The fourth-order valence-electron chi connectivity index (χ4n) is 16.4. The summed E-state index contributed by atoms with van der Waals surface area (Å²) >= 11 is 0. The van der Waals surface area contributed by atoms with Gasteiger partial charge in [0.1, 0.15) is 171 Å². The molecule has 35 heteroatoms. The molecule has 0 radical (unpaired) electrons. The van der Waals surface area contributed by atoms with E-state index in [1.807, 2.05) is 0 Å². The van der Waals surface area contributed by atoms with Crippen LogP contribution in [0.1, 0.15) is 38.9 Å². The monoisotopic (exact) mass is 1760 g/mol. The maximum Gasteiger partial charge on any atom is 0.187 e. The summed E-state index contributed by atoms with van der Waals surface area (Å²) in [6, 6.07) is 62.5. The lowest BCUT2D eigenvalue weighted by atomic mass is 9.95. The normalized spacial score (nSPS) is 38.2. The molecule has 28 rings (SSSR count). The van der Waals surface area contributed by atoms with Gasteiger partial charge in [-0.05, 0) is 38.9 Å². The van der Waals surface area contributed by atoms with Gasteiger partial charge >= 0.3 is 0 Å². The summed E-state index contributed by atoms with van der Waals surface area (Å²) in [4.78, 5) is 0. The molecule has 21 heterocycles. The number of benzene rings is 7. The summed E-state index contributed by atoms with van der Waals surface area (Å²) in [7, 11) is 0. The summed E-state index contributed by atoms with van der Waals surface area (Å²) < 4.78 is 135. The van der Waals surface area contributed by atoms with Gasteiger partial charge in [-0.15, -0.1) is 0 Å². The molecule has 35 nitrogen and oxygen atoms in total. The molecule has 0 spiro atoms. The molecule has 14 bridgehead atoms. The number of hydrogen-bond donors (Lipinski definition) is 14. The van der Waals surface area contributed by atoms with E-state index in [0.717, 1.165) is 0 Å². The smallest absolute Gasteiger partial charge is 0.187 e. The SMILES string of the molecule is O[C@@H]1[C@@H](O)[C@H]2O[C@H]3[C@H](O)[C@@H](O)[C@@H](O[C@H]4[C@H](O)[C@@H](O)[C@@H](O[C@H]5[C@H](O)[C@@H](O)[C@@H](O[C@H]6[C@H](O)[C@@H](O)[C@@H](O[C@H]7[C@H](O)[C@@H](O)[C@@H](O[C@H]8[C@H](O)[C@@H](O)[C@@H](O[C@@H]1[C@@H](COCc1ccccc1)O2)O[C@@H]8COCc1ccccc1)O[C@@H]7COCc1ccccc1)O[C@@H]6COCc1ccccc1)O[C@@H]5COCc1ccccc1)O[C@@H]4COCc1ccccc1)O[C@@H]3COCc1ccccc1. The standard InChI is InChI=1S/C91H112O35/c92-64-71(99)85-113-57(43-106-36-50-22-8-1-9-23-50)78(64)120-86-72(100)65(93)80(59(114-86)45-108-38-52-26-12-3-13-27-52)122-88-74(102)67(95)82(61(116-88)47-110-40-54-30-16-5-17-31-54)124-90-76(104)69(97)84(63(118-90)49-112-42-56-34-20-7-21-35-56)126-91-77(105)70(98)83(62(119-91)48-111-41-55-32-18-6-19-33-55)125-89-75(103)68(96)81(60(117-89)46-109-39-53-28-14-4-15-29-53)123-87-73(101)66(94)79(121-85)58(115-87)44-107-37-51-24-10-2-11-25-51/h1-35,57-105H,36-49H2/t57-,58-,59-,60-,61-,62-,63-,64-,65-,66-,67-,68-,69-,70-,71-,72-,73-,74-,75-,76-,77-,78-,79-,80-,81-,82-,83-,84-,85-,86-,87-,88-,89-,90-,91-/m1/s1. The van der Waals surface area contributed by atoms with Gasteiger partial charge in [-0.25, -0.2) is 0 Å². The van der Waals surface area contributed by atoms with Gasteiger partial charge in [0, 0.05) is 0 Å². The summed E-state index contributed by atoms with van der Waals surface area (Å²) in [5, 5.41) is 175. The van der Waals surface area contributed by atoms with Crippen LogP contribution < -0.4 is 0 Å². The third-order valence-electron chi connectivity index (χ3n) is 23.3. The van der Waals surface area contributed by atoms with Crippen molar-refractivity contribution in [1.82, 2.24) is 0 Å². The minimum absolute atomic E-state index is 0.0558. The Morgan fingerprint density at radius 3 is 0.373 bits per heavy atom. The molecular formula is C91H112O35. The van der Waals surface area contributed by atoms with E-state index in [-0.39, 0.29) is 46.2 Å². The maximum atomic E-state index is 12.6. The third kappa shape index (κ3) is 23.5. The number of aliphatic hydroxyl groups is 14. The molecular weight excluding hydrogens is 1650 g/mol. The summed E-state index contributed by atoms with van der Waals surface area (Å²) in [6.07, 6.45) is -66.8. The Labute approximate surface area is 726 Å². The van der Waals surface area contributed by atoms with E-state index in [4.69, 9.17) is 99.5 Å². The molecule has 0 amide bonds. The lowest BCUT2D eigenvalue weighted by Gasteiger charge is -2.50. The molecule has 7 aromatic carbocycles. The molecule has 0 aromatic heterocycles. The van der Waals surface area contributed by atoms with E-state index in [1.165, 1.54) is 0 Å². The van der Waals surface area contributed by atoms with E-state index in [9.17, 15) is 71.5 Å². The lowest BCUT2D eigenvalue weighted by Crippen LogP contribution is -2.68. The van der Waals surface area contributed by atoms with Gasteiger partial charge < -0.3 is 171 Å². The second kappa shape index (κ2) is 45.3. The highest BCUT2D eigenvalue weighted by Crippen LogP contribution is 2.41. The molecule has 21 aliphatic rings. The van der Waals surface area contributed by atoms with Crippen LogP contribution in [0.25, 0.3) is 0 Å². The van der Waals surface area contributed by atoms with Crippen molar-refractivity contribution in [2.75, 3.05) is 46.2 Å². The van der Waals surface area contributed by atoms with Crippen LogP contribution >= 0.6 is 0 Å². The zero-order valence-corrected chi connectivity index (χ0v) is 68.6. The zero-order valence-electron chi connectivity index (χ0n) is 68.6. The van der Waals surface area contributed by atoms with E-state index in [2.05, 4.69) is 0 Å². The Hall–Kier alpha value is -6.86. The van der Waals surface area contributed by atoms with Crippen LogP contribution in [0.15, 0.2) is 212 Å². The fourth-order valence-corrected chi connectivity index (χ4v) is 16.4. The molecule has 21 saturated heterocycles. The third-order valence-corrected chi connectivity index (χ3v) is 23.3. The molecule has 0 saturated carbocycles. The molecule has 0 unspecified atom stereocenters. The van der Waals surface area contributed by atoms with Crippen molar-refractivity contribution in [3.05, 3.63) is 251 Å². The Morgan fingerprint density at radius 1 is 0.151 bits per heavy atom. The van der Waals surface area contributed by atoms with Crippen LogP contribution in [-0.4, -0.2) is 333 Å². The molecule has 14 N–H and O–H groups in total. The van der Waals surface area contributed by atoms with Gasteiger partial charge in [0.25, 0.3) is 0 Å². The number of hydrogen-bond acceptors (Lipinski definition) is 35.